The van der Waals surface area contributed by atoms with Crippen molar-refractivity contribution in [2.75, 3.05) is 7.11 Å². The highest BCUT2D eigenvalue weighted by atomic mass is 16.6. The van der Waals surface area contributed by atoms with Gasteiger partial charge in [-0.25, -0.2) is 4.79 Å². The number of nitrogens with zero attached hydrogens (tertiary/aromatic N) is 2. The summed E-state index contributed by atoms with van der Waals surface area (Å²) in [6.45, 7) is 5.61. The van der Waals surface area contributed by atoms with Gasteiger partial charge in [0.25, 0.3) is 5.69 Å². The number of carbonyl (C=O) groups excluding carboxylic acids is 1. The summed E-state index contributed by atoms with van der Waals surface area (Å²) in [6.07, 6.45) is 1.70. The van der Waals surface area contributed by atoms with Gasteiger partial charge >= 0.3 is 5.97 Å². The monoisotopic (exact) mass is 379 g/mol. The lowest BCUT2D eigenvalue weighted by atomic mass is 9.77. The number of non-ortho nitro benzene ring substituents is 1. The maximum Gasteiger partial charge on any atom is 0.336 e. The number of aromatic nitrogens is 1. The van der Waals surface area contributed by atoms with Crippen LogP contribution in [0, 0.1) is 17.0 Å². The molecule has 28 heavy (non-hydrogen) atoms. The number of carbonyl (C=O) groups is 1. The Bertz CT molecular complexity index is 1020. The fraction of sp³-hybridized carbons (Fsp3) is 0.238. The summed E-state index contributed by atoms with van der Waals surface area (Å²) >= 11 is 0. The smallest absolute Gasteiger partial charge is 0.336 e. The Morgan fingerprint density at radius 3 is 2.57 bits per heavy atom. The summed E-state index contributed by atoms with van der Waals surface area (Å²) in [6, 6.07) is 10.1. The third-order valence-corrected chi connectivity index (χ3v) is 4.88. The second kappa shape index (κ2) is 7.64. The Kier molecular flexibility index (Phi) is 5.26. The summed E-state index contributed by atoms with van der Waals surface area (Å²) in [4.78, 5) is 27.9. The minimum absolute atomic E-state index is 0.0298. The van der Waals surface area contributed by atoms with E-state index in [1.807, 2.05) is 26.0 Å². The lowest BCUT2D eigenvalue weighted by Gasteiger charge is -2.32. The Morgan fingerprint density at radius 1 is 1.18 bits per heavy atom. The first-order valence-electron chi connectivity index (χ1n) is 8.78. The molecule has 1 aliphatic heterocycles. The summed E-state index contributed by atoms with van der Waals surface area (Å²) in [5.74, 6) is -0.996. The van der Waals surface area contributed by atoms with Crippen molar-refractivity contribution in [1.82, 2.24) is 10.3 Å². The van der Waals surface area contributed by atoms with Gasteiger partial charge in [-0.2, -0.15) is 0 Å². The van der Waals surface area contributed by atoms with Crippen LogP contribution < -0.4 is 5.32 Å². The van der Waals surface area contributed by atoms with Crippen molar-refractivity contribution >= 4 is 17.2 Å². The molecule has 0 bridgehead atoms. The maximum atomic E-state index is 12.7. The number of dihydropyridines is 1. The fourth-order valence-corrected chi connectivity index (χ4v) is 3.65. The molecule has 0 saturated heterocycles. The van der Waals surface area contributed by atoms with Crippen molar-refractivity contribution in [1.29, 1.82) is 0 Å². The average Bonchev–Trinajstić information content (AvgIpc) is 2.68. The van der Waals surface area contributed by atoms with Gasteiger partial charge in [-0.05, 0) is 38.0 Å². The van der Waals surface area contributed by atoms with E-state index < -0.39 is 16.8 Å². The molecule has 1 aromatic carbocycles. The fourth-order valence-electron chi connectivity index (χ4n) is 3.65. The molecule has 1 aromatic heterocycles. The van der Waals surface area contributed by atoms with Crippen molar-refractivity contribution < 1.29 is 14.5 Å². The first kappa shape index (κ1) is 19.3. The van der Waals surface area contributed by atoms with Crippen LogP contribution >= 0.6 is 0 Å². The zero-order valence-corrected chi connectivity index (χ0v) is 16.1. The molecular formula is C21H21N3O4. The average molecular weight is 379 g/mol. The quantitative estimate of drug-likeness (QED) is 0.492. The van der Waals surface area contributed by atoms with Crippen LogP contribution in [0.2, 0.25) is 0 Å². The van der Waals surface area contributed by atoms with Crippen molar-refractivity contribution in [2.24, 2.45) is 0 Å². The number of rotatable bonds is 4. The lowest BCUT2D eigenvalue weighted by molar-refractivity contribution is -0.384. The summed E-state index contributed by atoms with van der Waals surface area (Å²) in [7, 11) is 1.33. The first-order chi connectivity index (χ1) is 13.3. The second-order valence-electron chi connectivity index (χ2n) is 6.62. The Labute approximate surface area is 162 Å². The number of hydrogen-bond acceptors (Lipinski definition) is 6. The molecule has 1 N–H and O–H groups in total. The maximum absolute atomic E-state index is 12.7. The largest absolute Gasteiger partial charge is 0.466 e. The number of benzene rings is 1. The van der Waals surface area contributed by atoms with E-state index in [1.54, 1.807) is 25.3 Å². The van der Waals surface area contributed by atoms with Crippen LogP contribution in [0.25, 0.3) is 5.57 Å². The highest BCUT2D eigenvalue weighted by Gasteiger charge is 2.35. The molecule has 0 radical (unpaired) electrons. The normalized spacial score (nSPS) is 16.6. The molecule has 1 aliphatic rings. The van der Waals surface area contributed by atoms with Crippen molar-refractivity contribution in [3.8, 4) is 0 Å². The zero-order chi connectivity index (χ0) is 20.4. The number of aryl methyl sites for hydroxylation is 1. The van der Waals surface area contributed by atoms with E-state index in [0.717, 1.165) is 22.5 Å². The number of nitrogens with one attached hydrogen (secondary N) is 1. The molecule has 0 fully saturated rings. The highest BCUT2D eigenvalue weighted by molar-refractivity contribution is 5.97. The number of pyridine rings is 1. The van der Waals surface area contributed by atoms with Gasteiger partial charge in [-0.15, -0.1) is 0 Å². The van der Waals surface area contributed by atoms with Gasteiger partial charge in [0.15, 0.2) is 0 Å². The number of hydrogen-bond donors (Lipinski definition) is 1. The second-order valence-corrected chi connectivity index (χ2v) is 6.62. The molecule has 0 spiro atoms. The van der Waals surface area contributed by atoms with Crippen molar-refractivity contribution in [3.05, 3.63) is 86.5 Å². The number of ether oxygens (including phenoxy) is 1. The molecule has 7 heteroatoms. The van der Waals surface area contributed by atoms with Gasteiger partial charge < -0.3 is 10.1 Å². The van der Waals surface area contributed by atoms with Gasteiger partial charge in [0.1, 0.15) is 0 Å². The SMILES string of the molecule is COC(=O)C1=C(C)NC(C)=C(c2cccnc2C)C1c1cccc([N+](=O)[O-])c1. The number of nitro groups is 1. The molecule has 2 aromatic rings. The molecule has 0 amide bonds. The summed E-state index contributed by atoms with van der Waals surface area (Å²) < 4.78 is 5.03. The minimum Gasteiger partial charge on any atom is -0.466 e. The van der Waals surface area contributed by atoms with E-state index in [9.17, 15) is 14.9 Å². The lowest BCUT2D eigenvalue weighted by Crippen LogP contribution is -2.28. The topological polar surface area (TPSA) is 94.4 Å². The van der Waals surface area contributed by atoms with E-state index in [1.165, 1.54) is 19.2 Å². The van der Waals surface area contributed by atoms with Gasteiger partial charge in [0.2, 0.25) is 0 Å². The molecule has 0 saturated carbocycles. The molecule has 2 heterocycles. The van der Waals surface area contributed by atoms with E-state index in [-0.39, 0.29) is 5.69 Å². The predicted molar refractivity (Wildman–Crippen MR) is 105 cm³/mol. The van der Waals surface area contributed by atoms with Crippen LogP contribution in [0.3, 0.4) is 0 Å². The molecule has 144 valence electrons. The van der Waals surface area contributed by atoms with Crippen LogP contribution in [0.15, 0.2) is 59.6 Å². The molecular weight excluding hydrogens is 358 g/mol. The van der Waals surface area contributed by atoms with Crippen LogP contribution in [-0.2, 0) is 9.53 Å². The van der Waals surface area contributed by atoms with Crippen LogP contribution in [0.4, 0.5) is 5.69 Å². The zero-order valence-electron chi connectivity index (χ0n) is 16.1. The van der Waals surface area contributed by atoms with E-state index in [2.05, 4.69) is 10.3 Å². The predicted octanol–water partition coefficient (Wildman–Crippen LogP) is 3.86. The summed E-state index contributed by atoms with van der Waals surface area (Å²) in [5.41, 5.74) is 5.08. The third-order valence-electron chi connectivity index (χ3n) is 4.88. The van der Waals surface area contributed by atoms with Gasteiger partial charge in [0.05, 0.1) is 17.6 Å². The Hall–Kier alpha value is -3.48. The molecule has 1 atom stereocenters. The number of allylic oxidation sites excluding steroid dienone is 3. The van der Waals surface area contributed by atoms with E-state index in [0.29, 0.717) is 16.8 Å². The number of nitro benzene ring substituents is 1. The minimum atomic E-state index is -0.517. The first-order valence-corrected chi connectivity index (χ1v) is 8.78. The molecule has 0 aliphatic carbocycles. The van der Waals surface area contributed by atoms with E-state index in [4.69, 9.17) is 4.74 Å². The van der Waals surface area contributed by atoms with Gasteiger partial charge in [-0.1, -0.05) is 18.2 Å². The van der Waals surface area contributed by atoms with Crippen LogP contribution in [0.1, 0.15) is 36.6 Å². The summed E-state index contributed by atoms with van der Waals surface area (Å²) in [5, 5.41) is 14.6. The Balaban J connectivity index is 2.30. The van der Waals surface area contributed by atoms with Crippen LogP contribution in [-0.4, -0.2) is 23.0 Å². The number of methoxy groups -OCH3 is 1. The Morgan fingerprint density at radius 2 is 1.93 bits per heavy atom. The molecule has 1 unspecified atom stereocenters. The molecule has 3 rings (SSSR count). The number of esters is 1. The standard InChI is InChI=1S/C21H21N3O4/c1-12-17(9-6-10-22-12)18-13(2)23-14(3)19(21(25)28-4)20(18)15-7-5-8-16(11-15)24(26)27/h5-11,20,23H,1-4H3. The van der Waals surface area contributed by atoms with Crippen molar-refractivity contribution in [3.63, 3.8) is 0 Å². The van der Waals surface area contributed by atoms with Crippen molar-refractivity contribution in [2.45, 2.75) is 26.7 Å². The van der Waals surface area contributed by atoms with Gasteiger partial charge in [-0.3, -0.25) is 15.1 Å². The third kappa shape index (κ3) is 3.38. The van der Waals surface area contributed by atoms with Crippen LogP contribution in [0.5, 0.6) is 0 Å². The van der Waals surface area contributed by atoms with Gasteiger partial charge in [0, 0.05) is 46.9 Å². The highest BCUT2D eigenvalue weighted by Crippen LogP contribution is 2.44. The van der Waals surface area contributed by atoms with E-state index >= 15 is 0 Å². The molecule has 7 nitrogen and oxygen atoms in total.